The Morgan fingerprint density at radius 2 is 2.04 bits per heavy atom. The minimum absolute atomic E-state index is 0.154. The number of amides is 1. The fourth-order valence-electron chi connectivity index (χ4n) is 2.52. The molecule has 0 aromatic carbocycles. The first-order valence-electron chi connectivity index (χ1n) is 7.63. The fourth-order valence-corrected chi connectivity index (χ4v) is 4.22. The fraction of sp³-hybridized carbons (Fsp3) is 0.571. The SMILES string of the molecule is CCCCn1c(=O)[nH]c2c(C(=O)N3CCSCC3)snc2c1=O. The highest BCUT2D eigenvalue weighted by atomic mass is 32.2. The van der Waals surface area contributed by atoms with Crippen molar-refractivity contribution in [1.29, 1.82) is 0 Å². The number of hydrogen-bond donors (Lipinski definition) is 1. The van der Waals surface area contributed by atoms with Gasteiger partial charge in [0.2, 0.25) is 0 Å². The van der Waals surface area contributed by atoms with Crippen molar-refractivity contribution in [3.63, 3.8) is 0 Å². The second kappa shape index (κ2) is 6.88. The lowest BCUT2D eigenvalue weighted by Crippen LogP contribution is -2.38. The molecule has 0 bridgehead atoms. The molecular formula is C14H18N4O3S2. The second-order valence-electron chi connectivity index (χ2n) is 5.38. The first kappa shape index (κ1) is 16.3. The molecule has 1 amide bonds. The van der Waals surface area contributed by atoms with Crippen LogP contribution in [0.4, 0.5) is 0 Å². The van der Waals surface area contributed by atoms with E-state index in [-0.39, 0.29) is 16.9 Å². The van der Waals surface area contributed by atoms with E-state index in [9.17, 15) is 14.4 Å². The van der Waals surface area contributed by atoms with Gasteiger partial charge in [-0.2, -0.15) is 16.1 Å². The van der Waals surface area contributed by atoms with Crippen molar-refractivity contribution >= 4 is 40.2 Å². The lowest BCUT2D eigenvalue weighted by molar-refractivity contribution is 0.0778. The summed E-state index contributed by atoms with van der Waals surface area (Å²) in [4.78, 5) is 42.0. The van der Waals surface area contributed by atoms with Crippen LogP contribution in [0.15, 0.2) is 9.59 Å². The number of fused-ring (bicyclic) bond motifs is 1. The third kappa shape index (κ3) is 3.07. The van der Waals surface area contributed by atoms with E-state index in [1.807, 2.05) is 18.7 Å². The van der Waals surface area contributed by atoms with Gasteiger partial charge in [0.05, 0.1) is 5.52 Å². The number of rotatable bonds is 4. The standard InChI is InChI=1S/C14H18N4O3S2/c1-2-3-4-18-12(19)10-9(15-14(18)21)11(23-16-10)13(20)17-5-7-22-8-6-17/h2-8H2,1H3,(H,15,21). The molecule has 124 valence electrons. The van der Waals surface area contributed by atoms with Crippen LogP contribution in [0.2, 0.25) is 0 Å². The molecule has 3 rings (SSSR count). The normalized spacial score (nSPS) is 15.3. The summed E-state index contributed by atoms with van der Waals surface area (Å²) in [6.45, 7) is 3.72. The molecule has 1 aliphatic rings. The minimum Gasteiger partial charge on any atom is -0.336 e. The molecule has 0 radical (unpaired) electrons. The predicted molar refractivity (Wildman–Crippen MR) is 92.6 cm³/mol. The average molecular weight is 354 g/mol. The molecular weight excluding hydrogens is 336 g/mol. The maximum absolute atomic E-state index is 12.6. The number of carbonyl (C=O) groups is 1. The van der Waals surface area contributed by atoms with E-state index >= 15 is 0 Å². The lowest BCUT2D eigenvalue weighted by Gasteiger charge is -2.25. The van der Waals surface area contributed by atoms with Crippen molar-refractivity contribution in [2.45, 2.75) is 26.3 Å². The Labute approximate surface area is 140 Å². The van der Waals surface area contributed by atoms with Crippen molar-refractivity contribution in [2.75, 3.05) is 24.6 Å². The second-order valence-corrected chi connectivity index (χ2v) is 7.38. The molecule has 3 heterocycles. The van der Waals surface area contributed by atoms with Crippen molar-refractivity contribution in [1.82, 2.24) is 18.8 Å². The summed E-state index contributed by atoms with van der Waals surface area (Å²) >= 11 is 2.80. The van der Waals surface area contributed by atoms with Crippen LogP contribution in [0.25, 0.3) is 11.0 Å². The van der Waals surface area contributed by atoms with Gasteiger partial charge in [-0.15, -0.1) is 0 Å². The molecule has 0 spiro atoms. The maximum atomic E-state index is 12.6. The Bertz CT molecular complexity index is 833. The average Bonchev–Trinajstić information content (AvgIpc) is 2.98. The smallest absolute Gasteiger partial charge is 0.328 e. The van der Waals surface area contributed by atoms with Gasteiger partial charge in [-0.25, -0.2) is 4.79 Å². The molecule has 1 N–H and O–H groups in total. The lowest BCUT2D eigenvalue weighted by atomic mass is 10.3. The van der Waals surface area contributed by atoms with Crippen LogP contribution >= 0.6 is 23.3 Å². The zero-order valence-electron chi connectivity index (χ0n) is 12.8. The van der Waals surface area contributed by atoms with Gasteiger partial charge in [-0.05, 0) is 18.0 Å². The van der Waals surface area contributed by atoms with Gasteiger partial charge in [0, 0.05) is 31.1 Å². The number of unbranched alkanes of at least 4 members (excludes halogenated alkanes) is 1. The Morgan fingerprint density at radius 3 is 2.74 bits per heavy atom. The number of hydrogen-bond acceptors (Lipinski definition) is 6. The molecule has 23 heavy (non-hydrogen) atoms. The first-order valence-corrected chi connectivity index (χ1v) is 9.55. The van der Waals surface area contributed by atoms with Gasteiger partial charge < -0.3 is 9.88 Å². The van der Waals surface area contributed by atoms with E-state index in [0.29, 0.717) is 24.5 Å². The quantitative estimate of drug-likeness (QED) is 0.889. The Kier molecular flexibility index (Phi) is 4.86. The van der Waals surface area contributed by atoms with Gasteiger partial charge in [0.25, 0.3) is 11.5 Å². The number of nitrogens with zero attached hydrogens (tertiary/aromatic N) is 3. The number of thioether (sulfide) groups is 1. The number of aromatic nitrogens is 3. The largest absolute Gasteiger partial charge is 0.336 e. The maximum Gasteiger partial charge on any atom is 0.328 e. The minimum atomic E-state index is -0.473. The predicted octanol–water partition coefficient (Wildman–Crippen LogP) is 1.14. The van der Waals surface area contributed by atoms with Crippen LogP contribution in [0.1, 0.15) is 29.4 Å². The number of aromatic amines is 1. The summed E-state index contributed by atoms with van der Waals surface area (Å²) in [6, 6.07) is 0. The van der Waals surface area contributed by atoms with E-state index in [0.717, 1.165) is 40.4 Å². The highest BCUT2D eigenvalue weighted by Crippen LogP contribution is 2.21. The van der Waals surface area contributed by atoms with E-state index < -0.39 is 11.2 Å². The summed E-state index contributed by atoms with van der Waals surface area (Å²) in [5.41, 5.74) is -0.428. The van der Waals surface area contributed by atoms with Crippen LogP contribution < -0.4 is 11.2 Å². The summed E-state index contributed by atoms with van der Waals surface area (Å²) < 4.78 is 5.29. The van der Waals surface area contributed by atoms with Crippen LogP contribution in [0.5, 0.6) is 0 Å². The summed E-state index contributed by atoms with van der Waals surface area (Å²) in [5.74, 6) is 1.66. The molecule has 1 saturated heterocycles. The Balaban J connectivity index is 2.02. The molecule has 0 atom stereocenters. The molecule has 1 fully saturated rings. The van der Waals surface area contributed by atoms with Gasteiger partial charge in [-0.3, -0.25) is 14.2 Å². The zero-order valence-corrected chi connectivity index (χ0v) is 14.5. The summed E-state index contributed by atoms with van der Waals surface area (Å²) in [6.07, 6.45) is 1.63. The van der Waals surface area contributed by atoms with Crippen LogP contribution in [-0.4, -0.2) is 49.3 Å². The van der Waals surface area contributed by atoms with Crippen LogP contribution in [-0.2, 0) is 6.54 Å². The highest BCUT2D eigenvalue weighted by molar-refractivity contribution is 7.99. The first-order chi connectivity index (χ1) is 11.1. The molecule has 0 aliphatic carbocycles. The van der Waals surface area contributed by atoms with Crippen molar-refractivity contribution in [2.24, 2.45) is 0 Å². The summed E-state index contributed by atoms with van der Waals surface area (Å²) in [5, 5.41) is 0. The molecule has 2 aromatic heterocycles. The molecule has 2 aromatic rings. The number of nitrogens with one attached hydrogen (secondary N) is 1. The molecule has 0 saturated carbocycles. The van der Waals surface area contributed by atoms with Crippen molar-refractivity contribution in [3.05, 3.63) is 25.7 Å². The summed E-state index contributed by atoms with van der Waals surface area (Å²) in [7, 11) is 0. The zero-order chi connectivity index (χ0) is 16.4. The third-order valence-corrected chi connectivity index (χ3v) is 5.62. The Morgan fingerprint density at radius 1 is 1.30 bits per heavy atom. The molecule has 0 unspecified atom stereocenters. The van der Waals surface area contributed by atoms with Gasteiger partial charge in [0.1, 0.15) is 4.88 Å². The van der Waals surface area contributed by atoms with E-state index in [4.69, 9.17) is 0 Å². The van der Waals surface area contributed by atoms with Crippen molar-refractivity contribution < 1.29 is 4.79 Å². The monoisotopic (exact) mass is 354 g/mol. The van der Waals surface area contributed by atoms with Crippen molar-refractivity contribution in [3.8, 4) is 0 Å². The van der Waals surface area contributed by atoms with Gasteiger partial charge in [0.15, 0.2) is 5.52 Å². The topological polar surface area (TPSA) is 88.1 Å². The highest BCUT2D eigenvalue weighted by Gasteiger charge is 2.24. The Hall–Kier alpha value is -1.61. The molecule has 7 nitrogen and oxygen atoms in total. The molecule has 1 aliphatic heterocycles. The number of H-pyrrole nitrogens is 1. The van der Waals surface area contributed by atoms with E-state index in [1.165, 1.54) is 0 Å². The van der Waals surface area contributed by atoms with E-state index in [2.05, 4.69) is 9.36 Å². The number of carbonyl (C=O) groups excluding carboxylic acids is 1. The van der Waals surface area contributed by atoms with E-state index in [1.54, 1.807) is 4.90 Å². The van der Waals surface area contributed by atoms with Gasteiger partial charge >= 0.3 is 5.69 Å². The molecule has 9 heteroatoms. The third-order valence-electron chi connectivity index (χ3n) is 3.84. The van der Waals surface area contributed by atoms with Gasteiger partial charge in [-0.1, -0.05) is 13.3 Å². The van der Waals surface area contributed by atoms with Crippen LogP contribution in [0, 0.1) is 0 Å². The van der Waals surface area contributed by atoms with Crippen LogP contribution in [0.3, 0.4) is 0 Å².